The third-order valence-electron chi connectivity index (χ3n) is 2.79. The van der Waals surface area contributed by atoms with Gasteiger partial charge in [-0.25, -0.2) is 4.98 Å². The summed E-state index contributed by atoms with van der Waals surface area (Å²) < 4.78 is 1.91. The van der Waals surface area contributed by atoms with Gasteiger partial charge in [-0.1, -0.05) is 20.3 Å². The van der Waals surface area contributed by atoms with E-state index >= 15 is 0 Å². The highest BCUT2D eigenvalue weighted by Gasteiger charge is 2.18. The van der Waals surface area contributed by atoms with E-state index in [4.69, 9.17) is 5.73 Å². The topological polar surface area (TPSA) is 72.9 Å². The summed E-state index contributed by atoms with van der Waals surface area (Å²) in [4.78, 5) is 15.5. The van der Waals surface area contributed by atoms with E-state index in [1.807, 2.05) is 24.6 Å². The van der Waals surface area contributed by atoms with Crippen molar-refractivity contribution in [3.05, 3.63) is 18.7 Å². The minimum Gasteiger partial charge on any atom is -0.353 e. The van der Waals surface area contributed by atoms with Crippen molar-refractivity contribution in [3.63, 3.8) is 0 Å². The number of hydrogen-bond acceptors (Lipinski definition) is 3. The Morgan fingerprint density at radius 2 is 2.38 bits per heavy atom. The first-order valence-corrected chi connectivity index (χ1v) is 5.64. The summed E-state index contributed by atoms with van der Waals surface area (Å²) in [5.41, 5.74) is 5.80. The van der Waals surface area contributed by atoms with Crippen LogP contribution < -0.4 is 11.1 Å². The summed E-state index contributed by atoms with van der Waals surface area (Å²) in [5, 5.41) is 2.82. The second-order valence-corrected chi connectivity index (χ2v) is 4.00. The molecule has 0 aliphatic heterocycles. The molecular weight excluding hydrogens is 204 g/mol. The highest BCUT2D eigenvalue weighted by Crippen LogP contribution is 2.04. The zero-order valence-corrected chi connectivity index (χ0v) is 9.89. The number of nitrogens with one attached hydrogen (secondary N) is 1. The van der Waals surface area contributed by atoms with Crippen molar-refractivity contribution in [2.24, 2.45) is 11.7 Å². The molecular formula is C11H20N4O. The van der Waals surface area contributed by atoms with Crippen LogP contribution in [0.1, 0.15) is 20.3 Å². The van der Waals surface area contributed by atoms with Crippen molar-refractivity contribution in [1.82, 2.24) is 14.9 Å². The molecule has 5 nitrogen and oxygen atoms in total. The molecule has 0 saturated carbocycles. The van der Waals surface area contributed by atoms with Crippen molar-refractivity contribution in [1.29, 1.82) is 0 Å². The first-order chi connectivity index (χ1) is 7.65. The van der Waals surface area contributed by atoms with Crippen LogP contribution in [-0.4, -0.2) is 28.0 Å². The molecule has 0 fully saturated rings. The highest BCUT2D eigenvalue weighted by molar-refractivity contribution is 5.81. The second kappa shape index (κ2) is 6.27. The summed E-state index contributed by atoms with van der Waals surface area (Å²) in [7, 11) is 0. The van der Waals surface area contributed by atoms with Gasteiger partial charge in [-0.05, 0) is 5.92 Å². The van der Waals surface area contributed by atoms with Gasteiger partial charge < -0.3 is 15.6 Å². The van der Waals surface area contributed by atoms with Crippen molar-refractivity contribution in [2.45, 2.75) is 32.9 Å². The Morgan fingerprint density at radius 1 is 1.62 bits per heavy atom. The van der Waals surface area contributed by atoms with Gasteiger partial charge in [0.1, 0.15) is 0 Å². The Kier molecular flexibility index (Phi) is 4.98. The van der Waals surface area contributed by atoms with E-state index in [-0.39, 0.29) is 11.8 Å². The normalized spacial score (nSPS) is 14.4. The number of aromatic nitrogens is 2. The number of amides is 1. The van der Waals surface area contributed by atoms with Crippen LogP contribution in [0.2, 0.25) is 0 Å². The minimum atomic E-state index is -0.409. The molecule has 90 valence electrons. The van der Waals surface area contributed by atoms with Gasteiger partial charge in [0, 0.05) is 25.5 Å². The van der Waals surface area contributed by atoms with Gasteiger partial charge in [0.05, 0.1) is 12.4 Å². The molecule has 0 aliphatic rings. The van der Waals surface area contributed by atoms with Gasteiger partial charge in [-0.3, -0.25) is 4.79 Å². The fourth-order valence-electron chi connectivity index (χ4n) is 1.36. The van der Waals surface area contributed by atoms with Crippen molar-refractivity contribution in [3.8, 4) is 0 Å². The van der Waals surface area contributed by atoms with E-state index in [1.165, 1.54) is 0 Å². The number of hydrogen-bond donors (Lipinski definition) is 2. The van der Waals surface area contributed by atoms with E-state index in [0.29, 0.717) is 6.54 Å². The third kappa shape index (κ3) is 3.66. The fourth-order valence-corrected chi connectivity index (χ4v) is 1.36. The number of carbonyl (C=O) groups is 1. The van der Waals surface area contributed by atoms with Crippen LogP contribution in [0, 0.1) is 5.92 Å². The maximum Gasteiger partial charge on any atom is 0.237 e. The molecule has 1 rings (SSSR count). The van der Waals surface area contributed by atoms with Crippen LogP contribution in [0.4, 0.5) is 0 Å². The Hall–Kier alpha value is -1.36. The lowest BCUT2D eigenvalue weighted by atomic mass is 9.99. The van der Waals surface area contributed by atoms with Gasteiger partial charge in [-0.2, -0.15) is 0 Å². The molecule has 3 N–H and O–H groups in total. The standard InChI is InChI=1S/C11H20N4O/c1-3-9(2)10(12)11(16)14-5-7-15-6-4-13-8-15/h4,6,8-10H,3,5,7,12H2,1-2H3,(H,14,16)/t9-,10-/m0/s1. The molecule has 1 amide bonds. The Morgan fingerprint density at radius 3 is 2.94 bits per heavy atom. The first-order valence-electron chi connectivity index (χ1n) is 5.64. The highest BCUT2D eigenvalue weighted by atomic mass is 16.2. The van der Waals surface area contributed by atoms with Crippen molar-refractivity contribution >= 4 is 5.91 Å². The molecule has 16 heavy (non-hydrogen) atoms. The zero-order valence-electron chi connectivity index (χ0n) is 9.89. The summed E-state index contributed by atoms with van der Waals surface area (Å²) in [6.07, 6.45) is 6.21. The fraction of sp³-hybridized carbons (Fsp3) is 0.636. The van der Waals surface area contributed by atoms with Crippen molar-refractivity contribution in [2.75, 3.05) is 6.54 Å². The summed E-state index contributed by atoms with van der Waals surface area (Å²) in [6, 6.07) is -0.409. The molecule has 1 aromatic rings. The predicted molar refractivity (Wildman–Crippen MR) is 62.7 cm³/mol. The van der Waals surface area contributed by atoms with Crippen LogP contribution in [0.3, 0.4) is 0 Å². The van der Waals surface area contributed by atoms with Gasteiger partial charge >= 0.3 is 0 Å². The van der Waals surface area contributed by atoms with Gasteiger partial charge in [-0.15, -0.1) is 0 Å². The molecule has 5 heteroatoms. The number of nitrogens with two attached hydrogens (primary N) is 1. The average molecular weight is 224 g/mol. The molecule has 0 saturated heterocycles. The van der Waals surface area contributed by atoms with E-state index in [2.05, 4.69) is 10.3 Å². The number of carbonyl (C=O) groups excluding carboxylic acids is 1. The molecule has 1 aromatic heterocycles. The van der Waals surface area contributed by atoms with Crippen LogP contribution in [0.5, 0.6) is 0 Å². The van der Waals surface area contributed by atoms with Gasteiger partial charge in [0.2, 0.25) is 5.91 Å². The second-order valence-electron chi connectivity index (χ2n) is 4.00. The number of rotatable bonds is 6. The quantitative estimate of drug-likeness (QED) is 0.733. The lowest BCUT2D eigenvalue weighted by molar-refractivity contribution is -0.123. The molecule has 0 unspecified atom stereocenters. The lowest BCUT2D eigenvalue weighted by Crippen LogP contribution is -2.45. The Labute approximate surface area is 96.0 Å². The van der Waals surface area contributed by atoms with Crippen LogP contribution in [-0.2, 0) is 11.3 Å². The third-order valence-corrected chi connectivity index (χ3v) is 2.79. The number of nitrogens with zero attached hydrogens (tertiary/aromatic N) is 2. The Bertz CT molecular complexity index is 310. The monoisotopic (exact) mass is 224 g/mol. The smallest absolute Gasteiger partial charge is 0.237 e. The van der Waals surface area contributed by atoms with E-state index in [9.17, 15) is 4.79 Å². The van der Waals surface area contributed by atoms with E-state index in [0.717, 1.165) is 13.0 Å². The average Bonchev–Trinajstić information content (AvgIpc) is 2.79. The van der Waals surface area contributed by atoms with E-state index in [1.54, 1.807) is 12.5 Å². The molecule has 2 atom stereocenters. The summed E-state index contributed by atoms with van der Waals surface area (Å²) in [5.74, 6) is 0.141. The van der Waals surface area contributed by atoms with Crippen molar-refractivity contribution < 1.29 is 4.79 Å². The SMILES string of the molecule is CC[C@H](C)[C@H](N)C(=O)NCCn1ccnc1. The summed E-state index contributed by atoms with van der Waals surface area (Å²) in [6.45, 7) is 5.32. The zero-order chi connectivity index (χ0) is 12.0. The Balaban J connectivity index is 2.24. The van der Waals surface area contributed by atoms with Crippen LogP contribution in [0.15, 0.2) is 18.7 Å². The maximum atomic E-state index is 11.6. The van der Waals surface area contributed by atoms with Crippen LogP contribution in [0.25, 0.3) is 0 Å². The minimum absolute atomic E-state index is 0.0746. The molecule has 0 radical (unpaired) electrons. The van der Waals surface area contributed by atoms with Gasteiger partial charge in [0.15, 0.2) is 0 Å². The predicted octanol–water partition coefficient (Wildman–Crippen LogP) is 0.373. The lowest BCUT2D eigenvalue weighted by Gasteiger charge is -2.17. The maximum absolute atomic E-state index is 11.6. The number of imidazole rings is 1. The van der Waals surface area contributed by atoms with E-state index < -0.39 is 6.04 Å². The molecule has 0 aromatic carbocycles. The molecule has 0 spiro atoms. The first kappa shape index (κ1) is 12.7. The molecule has 1 heterocycles. The largest absolute Gasteiger partial charge is 0.353 e. The summed E-state index contributed by atoms with van der Waals surface area (Å²) >= 11 is 0. The molecule has 0 bridgehead atoms. The van der Waals surface area contributed by atoms with Gasteiger partial charge in [0.25, 0.3) is 0 Å². The molecule has 0 aliphatic carbocycles. The van der Waals surface area contributed by atoms with Crippen LogP contribution >= 0.6 is 0 Å².